The fraction of sp³-hybridized carbons (Fsp3) is 0.814. The lowest BCUT2D eigenvalue weighted by atomic mass is 10.0. The first-order chi connectivity index (χ1) is 32.0. The Balaban J connectivity index is 4.36. The van der Waals surface area contributed by atoms with E-state index in [1.807, 2.05) is 0 Å². The van der Waals surface area contributed by atoms with Crippen LogP contribution < -0.4 is 0 Å². The summed E-state index contributed by atoms with van der Waals surface area (Å²) >= 11 is 0. The molecular formula is C59H106O6. The van der Waals surface area contributed by atoms with E-state index in [4.69, 9.17) is 14.2 Å². The van der Waals surface area contributed by atoms with Gasteiger partial charge in [0.25, 0.3) is 0 Å². The second-order valence-corrected chi connectivity index (χ2v) is 18.9. The predicted octanol–water partition coefficient (Wildman–Crippen LogP) is 18.7. The molecular weight excluding hydrogens is 805 g/mol. The minimum Gasteiger partial charge on any atom is -0.462 e. The molecule has 1 unspecified atom stereocenters. The standard InChI is InChI=1S/C59H106O6/c1-4-7-10-13-16-19-22-25-27-29-30-32-34-37-40-43-46-49-52-58(61)64-55-56(54-63-57(60)51-48-45-42-39-36-33-24-21-18-15-12-9-6-3)65-59(62)53-50-47-44-41-38-35-31-28-26-23-20-17-14-11-8-5-2/h9,12,15,18,21,24,30,32,56H,4-8,10-11,13-14,16-17,19-20,22-23,25-29,31,33-55H2,1-3H3/b12-9-,18-15-,24-21-,32-30-. The number of rotatable bonds is 51. The number of ether oxygens (including phenoxy) is 3. The summed E-state index contributed by atoms with van der Waals surface area (Å²) in [6.45, 7) is 6.52. The van der Waals surface area contributed by atoms with Crippen molar-refractivity contribution in [2.24, 2.45) is 0 Å². The van der Waals surface area contributed by atoms with Crippen molar-refractivity contribution < 1.29 is 28.6 Å². The predicted molar refractivity (Wildman–Crippen MR) is 279 cm³/mol. The van der Waals surface area contributed by atoms with E-state index < -0.39 is 6.10 Å². The second-order valence-electron chi connectivity index (χ2n) is 18.9. The van der Waals surface area contributed by atoms with Crippen LogP contribution in [-0.4, -0.2) is 37.2 Å². The number of carbonyl (C=O) groups excluding carboxylic acids is 3. The average Bonchev–Trinajstić information content (AvgIpc) is 3.30. The van der Waals surface area contributed by atoms with Gasteiger partial charge in [-0.1, -0.05) is 256 Å². The van der Waals surface area contributed by atoms with Gasteiger partial charge in [-0.05, 0) is 64.2 Å². The van der Waals surface area contributed by atoms with Crippen LogP contribution in [0.4, 0.5) is 0 Å². The third-order valence-corrected chi connectivity index (χ3v) is 12.4. The van der Waals surface area contributed by atoms with Gasteiger partial charge in [-0.2, -0.15) is 0 Å². The Hall–Kier alpha value is -2.63. The molecule has 0 bridgehead atoms. The molecule has 0 saturated carbocycles. The van der Waals surface area contributed by atoms with Gasteiger partial charge >= 0.3 is 17.9 Å². The SMILES string of the molecule is CC\C=C/C=C\C=C/CCCCCCCC(=O)OCC(COC(=O)CCCCCCC/C=C\CCCCCCCCCCC)OC(=O)CCCCCCCCCCCCCCCCCC. The van der Waals surface area contributed by atoms with Crippen molar-refractivity contribution in [3.8, 4) is 0 Å². The average molecular weight is 911 g/mol. The van der Waals surface area contributed by atoms with E-state index >= 15 is 0 Å². The van der Waals surface area contributed by atoms with Crippen LogP contribution >= 0.6 is 0 Å². The number of esters is 3. The van der Waals surface area contributed by atoms with Gasteiger partial charge in [0.05, 0.1) is 0 Å². The van der Waals surface area contributed by atoms with Gasteiger partial charge < -0.3 is 14.2 Å². The Morgan fingerprint density at radius 2 is 0.615 bits per heavy atom. The fourth-order valence-electron chi connectivity index (χ4n) is 8.14. The molecule has 0 aromatic heterocycles. The summed E-state index contributed by atoms with van der Waals surface area (Å²) in [7, 11) is 0. The van der Waals surface area contributed by atoms with Crippen LogP contribution in [0, 0.1) is 0 Å². The Morgan fingerprint density at radius 1 is 0.323 bits per heavy atom. The van der Waals surface area contributed by atoms with Crippen LogP contribution in [0.2, 0.25) is 0 Å². The quantitative estimate of drug-likeness (QED) is 0.0199. The molecule has 0 aromatic carbocycles. The summed E-state index contributed by atoms with van der Waals surface area (Å²) in [6.07, 6.45) is 65.3. The fourth-order valence-corrected chi connectivity index (χ4v) is 8.14. The molecule has 1 atom stereocenters. The first kappa shape index (κ1) is 62.4. The molecule has 6 nitrogen and oxygen atoms in total. The molecule has 0 aliphatic carbocycles. The Kier molecular flexibility index (Phi) is 51.8. The maximum absolute atomic E-state index is 12.8. The van der Waals surface area contributed by atoms with Gasteiger partial charge in [-0.3, -0.25) is 14.4 Å². The second kappa shape index (κ2) is 54.0. The Morgan fingerprint density at radius 3 is 0.969 bits per heavy atom. The van der Waals surface area contributed by atoms with Crippen LogP contribution in [0.5, 0.6) is 0 Å². The molecule has 0 heterocycles. The molecule has 0 radical (unpaired) electrons. The third kappa shape index (κ3) is 52.2. The maximum atomic E-state index is 12.8. The topological polar surface area (TPSA) is 78.9 Å². The molecule has 0 aliphatic heterocycles. The first-order valence-electron chi connectivity index (χ1n) is 28.2. The molecule has 0 fully saturated rings. The zero-order chi connectivity index (χ0) is 47.2. The maximum Gasteiger partial charge on any atom is 0.306 e. The van der Waals surface area contributed by atoms with Crippen LogP contribution in [0.25, 0.3) is 0 Å². The molecule has 0 N–H and O–H groups in total. The number of allylic oxidation sites excluding steroid dienone is 8. The molecule has 378 valence electrons. The van der Waals surface area contributed by atoms with Gasteiger partial charge in [0.15, 0.2) is 6.10 Å². The van der Waals surface area contributed by atoms with Crippen LogP contribution in [0.1, 0.15) is 290 Å². The summed E-state index contributed by atoms with van der Waals surface area (Å²) in [5.41, 5.74) is 0. The van der Waals surface area contributed by atoms with Gasteiger partial charge in [-0.15, -0.1) is 0 Å². The minimum atomic E-state index is -0.782. The smallest absolute Gasteiger partial charge is 0.306 e. The van der Waals surface area contributed by atoms with Crippen molar-refractivity contribution >= 4 is 17.9 Å². The summed E-state index contributed by atoms with van der Waals surface area (Å²) in [5.74, 6) is -0.896. The van der Waals surface area contributed by atoms with Crippen molar-refractivity contribution in [1.82, 2.24) is 0 Å². The van der Waals surface area contributed by atoms with Gasteiger partial charge in [-0.25, -0.2) is 0 Å². The Labute approximate surface area is 403 Å². The number of unbranched alkanes of at least 4 members (excludes halogenated alkanes) is 34. The van der Waals surface area contributed by atoms with E-state index in [9.17, 15) is 14.4 Å². The minimum absolute atomic E-state index is 0.0815. The van der Waals surface area contributed by atoms with Gasteiger partial charge in [0, 0.05) is 19.3 Å². The molecule has 65 heavy (non-hydrogen) atoms. The lowest BCUT2D eigenvalue weighted by Crippen LogP contribution is -2.30. The van der Waals surface area contributed by atoms with Crippen LogP contribution in [0.3, 0.4) is 0 Å². The zero-order valence-corrected chi connectivity index (χ0v) is 43.3. The van der Waals surface area contributed by atoms with E-state index in [1.165, 1.54) is 161 Å². The third-order valence-electron chi connectivity index (χ3n) is 12.4. The molecule has 0 aromatic rings. The zero-order valence-electron chi connectivity index (χ0n) is 43.3. The van der Waals surface area contributed by atoms with E-state index in [-0.39, 0.29) is 31.1 Å². The molecule has 0 rings (SSSR count). The van der Waals surface area contributed by atoms with Crippen molar-refractivity contribution in [3.63, 3.8) is 0 Å². The van der Waals surface area contributed by atoms with E-state index in [0.29, 0.717) is 19.3 Å². The van der Waals surface area contributed by atoms with E-state index in [0.717, 1.165) is 89.9 Å². The monoisotopic (exact) mass is 911 g/mol. The molecule has 0 amide bonds. The lowest BCUT2D eigenvalue weighted by Gasteiger charge is -2.18. The van der Waals surface area contributed by atoms with Crippen LogP contribution in [-0.2, 0) is 28.6 Å². The number of hydrogen-bond acceptors (Lipinski definition) is 6. The summed E-state index contributed by atoms with van der Waals surface area (Å²) < 4.78 is 16.8. The lowest BCUT2D eigenvalue weighted by molar-refractivity contribution is -0.167. The van der Waals surface area contributed by atoms with Gasteiger partial charge in [0.2, 0.25) is 0 Å². The molecule has 0 aliphatic rings. The number of carbonyl (C=O) groups is 3. The molecule has 0 spiro atoms. The van der Waals surface area contributed by atoms with Crippen molar-refractivity contribution in [2.45, 2.75) is 297 Å². The normalized spacial score (nSPS) is 12.4. The summed E-state index contributed by atoms with van der Waals surface area (Å²) in [5, 5.41) is 0. The highest BCUT2D eigenvalue weighted by molar-refractivity contribution is 5.71. The van der Waals surface area contributed by atoms with E-state index in [1.54, 1.807) is 0 Å². The largest absolute Gasteiger partial charge is 0.462 e. The van der Waals surface area contributed by atoms with Crippen LogP contribution in [0.15, 0.2) is 48.6 Å². The summed E-state index contributed by atoms with van der Waals surface area (Å²) in [6, 6.07) is 0. The van der Waals surface area contributed by atoms with E-state index in [2.05, 4.69) is 69.4 Å². The highest BCUT2D eigenvalue weighted by atomic mass is 16.6. The summed E-state index contributed by atoms with van der Waals surface area (Å²) in [4.78, 5) is 38.1. The van der Waals surface area contributed by atoms with Crippen molar-refractivity contribution in [3.05, 3.63) is 48.6 Å². The highest BCUT2D eigenvalue weighted by Gasteiger charge is 2.19. The number of hydrogen-bond donors (Lipinski definition) is 0. The van der Waals surface area contributed by atoms with Gasteiger partial charge in [0.1, 0.15) is 13.2 Å². The highest BCUT2D eigenvalue weighted by Crippen LogP contribution is 2.16. The molecule has 6 heteroatoms. The first-order valence-corrected chi connectivity index (χ1v) is 28.2. The Bertz CT molecular complexity index is 1140. The molecule has 0 saturated heterocycles. The van der Waals surface area contributed by atoms with Crippen molar-refractivity contribution in [1.29, 1.82) is 0 Å². The van der Waals surface area contributed by atoms with Crippen molar-refractivity contribution in [2.75, 3.05) is 13.2 Å².